The van der Waals surface area contributed by atoms with Crippen LogP contribution in [0.3, 0.4) is 0 Å². The van der Waals surface area contributed by atoms with Gasteiger partial charge in [0.15, 0.2) is 0 Å². The summed E-state index contributed by atoms with van der Waals surface area (Å²) in [7, 11) is 0. The predicted molar refractivity (Wildman–Crippen MR) is 59.7 cm³/mol. The molecule has 1 saturated heterocycles. The third-order valence-corrected chi connectivity index (χ3v) is 3.57. The highest BCUT2D eigenvalue weighted by Gasteiger charge is 2.34. The molecule has 15 heavy (non-hydrogen) atoms. The van der Waals surface area contributed by atoms with E-state index in [9.17, 15) is 0 Å². The van der Waals surface area contributed by atoms with Crippen molar-refractivity contribution in [1.29, 1.82) is 0 Å². The zero-order valence-corrected chi connectivity index (χ0v) is 9.41. The summed E-state index contributed by atoms with van der Waals surface area (Å²) in [6.07, 6.45) is 5.16. The molecule has 0 aromatic heterocycles. The first-order valence-corrected chi connectivity index (χ1v) is 5.91. The molecule has 1 aliphatic heterocycles. The second-order valence-corrected chi connectivity index (χ2v) is 4.69. The molecule has 2 N–H and O–H groups in total. The van der Waals surface area contributed by atoms with Crippen LogP contribution >= 0.6 is 0 Å². The van der Waals surface area contributed by atoms with Crippen LogP contribution in [0.15, 0.2) is 11.6 Å². The van der Waals surface area contributed by atoms with Crippen LogP contribution in [0.1, 0.15) is 19.8 Å². The summed E-state index contributed by atoms with van der Waals surface area (Å²) >= 11 is 0. The Morgan fingerprint density at radius 1 is 1.60 bits per heavy atom. The van der Waals surface area contributed by atoms with E-state index in [1.54, 1.807) is 0 Å². The molecule has 2 bridgehead atoms. The van der Waals surface area contributed by atoms with Crippen molar-refractivity contribution in [1.82, 2.24) is 5.32 Å². The van der Waals surface area contributed by atoms with Crippen molar-refractivity contribution in [3.63, 3.8) is 0 Å². The molecular weight excluding hydrogens is 190 g/mol. The standard InChI is InChI=1S/C12H21NO2/c1-9-2-3-10-6-11(9)12(15-8-10)7-13-4-5-14/h2,10-14H,3-8H2,1H3/t10-,11-,12-/m1/s1. The maximum absolute atomic E-state index is 8.71. The SMILES string of the molecule is CC1=CC[C@H]2CO[C@H](CNCCO)[C@@H]1C2. The molecule has 0 saturated carbocycles. The molecule has 3 heteroatoms. The Labute approximate surface area is 91.5 Å². The molecule has 1 aliphatic carbocycles. The van der Waals surface area contributed by atoms with Gasteiger partial charge in [-0.3, -0.25) is 0 Å². The predicted octanol–water partition coefficient (Wildman–Crippen LogP) is 0.940. The van der Waals surface area contributed by atoms with Crippen LogP contribution in [-0.2, 0) is 4.74 Å². The average molecular weight is 211 g/mol. The van der Waals surface area contributed by atoms with Gasteiger partial charge in [-0.1, -0.05) is 11.6 Å². The smallest absolute Gasteiger partial charge is 0.0764 e. The molecule has 2 aliphatic rings. The second kappa shape index (κ2) is 5.10. The molecule has 1 fully saturated rings. The van der Waals surface area contributed by atoms with E-state index in [2.05, 4.69) is 18.3 Å². The second-order valence-electron chi connectivity index (χ2n) is 4.69. The lowest BCUT2D eigenvalue weighted by Crippen LogP contribution is -2.43. The van der Waals surface area contributed by atoms with Gasteiger partial charge >= 0.3 is 0 Å². The lowest BCUT2D eigenvalue weighted by molar-refractivity contribution is -0.0477. The Kier molecular flexibility index (Phi) is 3.78. The Balaban J connectivity index is 1.89. The molecule has 0 aromatic rings. The van der Waals surface area contributed by atoms with Crippen LogP contribution < -0.4 is 5.32 Å². The number of rotatable bonds is 4. The van der Waals surface area contributed by atoms with E-state index in [1.165, 1.54) is 18.4 Å². The van der Waals surface area contributed by atoms with Gasteiger partial charge in [-0.15, -0.1) is 0 Å². The summed E-state index contributed by atoms with van der Waals surface area (Å²) in [6, 6.07) is 0. The van der Waals surface area contributed by atoms with Crippen molar-refractivity contribution in [2.24, 2.45) is 11.8 Å². The minimum absolute atomic E-state index is 0.203. The fourth-order valence-electron chi connectivity index (χ4n) is 2.63. The van der Waals surface area contributed by atoms with E-state index in [4.69, 9.17) is 9.84 Å². The Bertz CT molecular complexity index is 240. The monoisotopic (exact) mass is 211 g/mol. The van der Waals surface area contributed by atoms with Gasteiger partial charge in [-0.05, 0) is 25.7 Å². The lowest BCUT2D eigenvalue weighted by atomic mass is 9.77. The highest BCUT2D eigenvalue weighted by atomic mass is 16.5. The summed E-state index contributed by atoms with van der Waals surface area (Å²) in [6.45, 7) is 4.86. The normalized spacial score (nSPS) is 35.1. The number of allylic oxidation sites excluding steroid dienone is 1. The van der Waals surface area contributed by atoms with Crippen LogP contribution in [0.2, 0.25) is 0 Å². The molecular formula is C12H21NO2. The van der Waals surface area contributed by atoms with Gasteiger partial charge in [0, 0.05) is 19.0 Å². The van der Waals surface area contributed by atoms with E-state index in [0.717, 1.165) is 19.1 Å². The molecule has 3 nitrogen and oxygen atoms in total. The molecule has 0 radical (unpaired) electrons. The molecule has 1 heterocycles. The van der Waals surface area contributed by atoms with E-state index in [-0.39, 0.29) is 6.61 Å². The molecule has 0 unspecified atom stereocenters. The van der Waals surface area contributed by atoms with Gasteiger partial charge in [-0.25, -0.2) is 0 Å². The minimum Gasteiger partial charge on any atom is -0.395 e. The van der Waals surface area contributed by atoms with Gasteiger partial charge in [0.05, 0.1) is 19.3 Å². The molecule has 2 rings (SSSR count). The number of ether oxygens (including phenoxy) is 1. The minimum atomic E-state index is 0.203. The van der Waals surface area contributed by atoms with Crippen LogP contribution in [0.4, 0.5) is 0 Å². The maximum atomic E-state index is 8.71. The van der Waals surface area contributed by atoms with Crippen LogP contribution in [0, 0.1) is 11.8 Å². The highest BCUT2D eigenvalue weighted by molar-refractivity contribution is 5.12. The van der Waals surface area contributed by atoms with Crippen molar-refractivity contribution in [3.8, 4) is 0 Å². The summed E-state index contributed by atoms with van der Waals surface area (Å²) < 4.78 is 5.88. The van der Waals surface area contributed by atoms with Gasteiger partial charge < -0.3 is 15.2 Å². The number of aliphatic hydroxyl groups is 1. The highest BCUT2D eigenvalue weighted by Crippen LogP contribution is 2.36. The van der Waals surface area contributed by atoms with Gasteiger partial charge in [0.1, 0.15) is 0 Å². The van der Waals surface area contributed by atoms with Crippen molar-refractivity contribution in [2.75, 3.05) is 26.3 Å². The van der Waals surface area contributed by atoms with Gasteiger partial charge in [0.25, 0.3) is 0 Å². The van der Waals surface area contributed by atoms with Crippen molar-refractivity contribution in [3.05, 3.63) is 11.6 Å². The first-order valence-electron chi connectivity index (χ1n) is 5.91. The zero-order chi connectivity index (χ0) is 10.7. The summed E-state index contributed by atoms with van der Waals surface area (Å²) in [4.78, 5) is 0. The molecule has 0 aromatic carbocycles. The summed E-state index contributed by atoms with van der Waals surface area (Å²) in [5.74, 6) is 1.34. The van der Waals surface area contributed by atoms with E-state index in [1.807, 2.05) is 0 Å². The number of nitrogens with one attached hydrogen (secondary N) is 1. The first-order chi connectivity index (χ1) is 7.31. The number of fused-ring (bicyclic) bond motifs is 2. The maximum Gasteiger partial charge on any atom is 0.0764 e. The lowest BCUT2D eigenvalue weighted by Gasteiger charge is -2.40. The van der Waals surface area contributed by atoms with Crippen LogP contribution in [0.25, 0.3) is 0 Å². The number of hydrogen-bond donors (Lipinski definition) is 2. The van der Waals surface area contributed by atoms with Crippen molar-refractivity contribution < 1.29 is 9.84 Å². The molecule has 0 amide bonds. The van der Waals surface area contributed by atoms with Crippen LogP contribution in [0.5, 0.6) is 0 Å². The van der Waals surface area contributed by atoms with E-state index in [0.29, 0.717) is 18.6 Å². The fourth-order valence-corrected chi connectivity index (χ4v) is 2.63. The fraction of sp³-hybridized carbons (Fsp3) is 0.833. The largest absolute Gasteiger partial charge is 0.395 e. The Hall–Kier alpha value is -0.380. The van der Waals surface area contributed by atoms with Gasteiger partial charge in [0.2, 0.25) is 0 Å². The first kappa shape index (κ1) is 11.1. The van der Waals surface area contributed by atoms with Gasteiger partial charge in [-0.2, -0.15) is 0 Å². The Morgan fingerprint density at radius 3 is 3.27 bits per heavy atom. The summed E-state index contributed by atoms with van der Waals surface area (Å²) in [5.41, 5.74) is 1.49. The third kappa shape index (κ3) is 2.60. The Morgan fingerprint density at radius 2 is 2.47 bits per heavy atom. The quantitative estimate of drug-likeness (QED) is 0.537. The van der Waals surface area contributed by atoms with Crippen molar-refractivity contribution in [2.45, 2.75) is 25.9 Å². The topological polar surface area (TPSA) is 41.5 Å². The number of hydrogen-bond acceptors (Lipinski definition) is 3. The summed E-state index contributed by atoms with van der Waals surface area (Å²) in [5, 5.41) is 11.9. The third-order valence-electron chi connectivity index (χ3n) is 3.57. The average Bonchev–Trinajstić information content (AvgIpc) is 2.26. The molecule has 86 valence electrons. The zero-order valence-electron chi connectivity index (χ0n) is 9.41. The number of aliphatic hydroxyl groups excluding tert-OH is 1. The molecule has 0 spiro atoms. The van der Waals surface area contributed by atoms with E-state index >= 15 is 0 Å². The molecule has 3 atom stereocenters. The van der Waals surface area contributed by atoms with Crippen molar-refractivity contribution >= 4 is 0 Å². The van der Waals surface area contributed by atoms with Crippen LogP contribution in [-0.4, -0.2) is 37.5 Å². The van der Waals surface area contributed by atoms with E-state index < -0.39 is 0 Å².